The molecule has 1 fully saturated rings. The molecule has 0 radical (unpaired) electrons. The number of phenolic OH excluding ortho intramolecular Hbond substituents is 1. The van der Waals surface area contributed by atoms with E-state index in [4.69, 9.17) is 0 Å². The van der Waals surface area contributed by atoms with Crippen LogP contribution < -0.4 is 0 Å². The Hall–Kier alpha value is -2.97. The van der Waals surface area contributed by atoms with Gasteiger partial charge in [0.2, 0.25) is 11.8 Å². The molecular formula is C26H33NO7. The van der Waals surface area contributed by atoms with Crippen LogP contribution in [0.15, 0.2) is 41.0 Å². The molecule has 8 heteroatoms. The summed E-state index contributed by atoms with van der Waals surface area (Å²) in [6.45, 7) is 3.46. The second kappa shape index (κ2) is 11.0. The monoisotopic (exact) mass is 471 g/mol. The lowest BCUT2D eigenvalue weighted by Crippen LogP contribution is -2.39. The number of fused-ring (bicyclic) bond motifs is 1. The Bertz CT molecular complexity index is 995. The van der Waals surface area contributed by atoms with E-state index < -0.39 is 48.4 Å². The number of aliphatic hydroxyl groups is 2. The molecule has 1 aromatic carbocycles. The van der Waals surface area contributed by atoms with Gasteiger partial charge in [0.25, 0.3) is 0 Å². The van der Waals surface area contributed by atoms with E-state index in [0.29, 0.717) is 23.3 Å². The number of carbonyl (C=O) groups excluding carboxylic acids is 3. The van der Waals surface area contributed by atoms with E-state index in [2.05, 4.69) is 11.7 Å². The first kappa shape index (κ1) is 25.6. The van der Waals surface area contributed by atoms with Crippen molar-refractivity contribution in [3.05, 3.63) is 46.5 Å². The number of likely N-dealkylation sites (tertiary alicyclic amines) is 1. The molecular weight excluding hydrogens is 438 g/mol. The highest BCUT2D eigenvalue weighted by Gasteiger charge is 2.56. The normalized spacial score (nSPS) is 23.9. The zero-order valence-electron chi connectivity index (χ0n) is 19.9. The number of phenols is 1. The largest absolute Gasteiger partial charge is 0.508 e. The van der Waals surface area contributed by atoms with E-state index in [0.717, 1.165) is 36.7 Å². The number of ether oxygens (including phenoxy) is 1. The number of aliphatic hydroxyl groups excluding tert-OH is 2. The average molecular weight is 472 g/mol. The van der Waals surface area contributed by atoms with E-state index >= 15 is 0 Å². The summed E-state index contributed by atoms with van der Waals surface area (Å²) in [5, 5.41) is 30.8. The smallest absolute Gasteiger partial charge is 0.423 e. The Kier molecular flexibility index (Phi) is 8.28. The molecule has 0 saturated carbocycles. The first-order chi connectivity index (χ1) is 16.2. The van der Waals surface area contributed by atoms with Crippen molar-refractivity contribution in [1.29, 1.82) is 0 Å². The Morgan fingerprint density at radius 3 is 2.47 bits per heavy atom. The van der Waals surface area contributed by atoms with Gasteiger partial charge in [0.1, 0.15) is 5.75 Å². The fraction of sp³-hybridized carbons (Fsp3) is 0.500. The number of rotatable bonds is 8. The van der Waals surface area contributed by atoms with Gasteiger partial charge in [-0.1, -0.05) is 42.7 Å². The topological polar surface area (TPSA) is 124 Å². The van der Waals surface area contributed by atoms with Gasteiger partial charge in [0, 0.05) is 5.92 Å². The molecule has 2 aliphatic rings. The standard InChI is InChI=1S/C26H33NO7/c1-4-5-16(13-17-6-9-18(29)10-7-17)8-11-21(30)22-15(2)12-19-23(20(22)14-28)25(32)27(24(19)31)26(33)34-3/h6-7,9-10,13,19-21,23,28-30H,4-5,8,11-12,14H2,1-3H3/b16-13+/t19-,20+,21-,23-/m1/s1. The number of aromatic hydroxyl groups is 1. The lowest BCUT2D eigenvalue weighted by atomic mass is 9.68. The van der Waals surface area contributed by atoms with Crippen LogP contribution >= 0.6 is 0 Å². The van der Waals surface area contributed by atoms with Crippen molar-refractivity contribution in [3.8, 4) is 5.75 Å². The van der Waals surface area contributed by atoms with Gasteiger partial charge in [-0.3, -0.25) is 9.59 Å². The maximum Gasteiger partial charge on any atom is 0.423 e. The average Bonchev–Trinajstić information content (AvgIpc) is 3.06. The van der Waals surface area contributed by atoms with Gasteiger partial charge in [-0.2, -0.15) is 4.90 Å². The maximum atomic E-state index is 12.9. The SMILES string of the molecule is CCC/C(=C\c1ccc(O)cc1)CC[C@@H](O)C1=C(C)C[C@H]2C(=O)N(C(=O)OC)C(=O)[C@H]2[C@H]1CO. The van der Waals surface area contributed by atoms with Gasteiger partial charge >= 0.3 is 6.09 Å². The van der Waals surface area contributed by atoms with Crippen LogP contribution in [0.2, 0.25) is 0 Å². The number of allylic oxidation sites excluding steroid dienone is 2. The number of benzene rings is 1. The van der Waals surface area contributed by atoms with Crippen molar-refractivity contribution in [2.24, 2.45) is 17.8 Å². The number of methoxy groups -OCH3 is 1. The van der Waals surface area contributed by atoms with Crippen molar-refractivity contribution in [2.75, 3.05) is 13.7 Å². The quantitative estimate of drug-likeness (QED) is 0.392. The van der Waals surface area contributed by atoms with E-state index in [-0.39, 0.29) is 12.2 Å². The Balaban J connectivity index is 1.80. The van der Waals surface area contributed by atoms with E-state index in [1.807, 2.05) is 18.2 Å². The predicted molar refractivity (Wildman–Crippen MR) is 125 cm³/mol. The number of nitrogens with zero attached hydrogens (tertiary/aromatic N) is 1. The van der Waals surface area contributed by atoms with Gasteiger partial charge in [0.05, 0.1) is 31.7 Å². The van der Waals surface area contributed by atoms with Crippen LogP contribution in [0.5, 0.6) is 5.75 Å². The second-order valence-electron chi connectivity index (χ2n) is 9.04. The van der Waals surface area contributed by atoms with Crippen molar-refractivity contribution in [3.63, 3.8) is 0 Å². The molecule has 1 saturated heterocycles. The lowest BCUT2D eigenvalue weighted by molar-refractivity contribution is -0.137. The highest BCUT2D eigenvalue weighted by Crippen LogP contribution is 2.46. The molecule has 1 aliphatic carbocycles. The van der Waals surface area contributed by atoms with Crippen LogP contribution in [0.4, 0.5) is 4.79 Å². The van der Waals surface area contributed by atoms with Crippen molar-refractivity contribution in [1.82, 2.24) is 4.90 Å². The minimum absolute atomic E-state index is 0.198. The van der Waals surface area contributed by atoms with Gasteiger partial charge in [-0.15, -0.1) is 0 Å². The summed E-state index contributed by atoms with van der Waals surface area (Å²) in [5.74, 6) is -3.48. The Morgan fingerprint density at radius 1 is 1.21 bits per heavy atom. The molecule has 184 valence electrons. The van der Waals surface area contributed by atoms with Crippen LogP contribution in [0, 0.1) is 17.8 Å². The minimum atomic E-state index is -1.02. The highest BCUT2D eigenvalue weighted by atomic mass is 16.5. The molecule has 3 N–H and O–H groups in total. The molecule has 3 amide bonds. The third-order valence-electron chi connectivity index (χ3n) is 6.82. The molecule has 0 spiro atoms. The van der Waals surface area contributed by atoms with Crippen molar-refractivity contribution in [2.45, 2.75) is 52.1 Å². The zero-order valence-corrected chi connectivity index (χ0v) is 19.9. The van der Waals surface area contributed by atoms with Crippen LogP contribution in [-0.2, 0) is 14.3 Å². The van der Waals surface area contributed by atoms with Crippen LogP contribution in [0.1, 0.15) is 51.5 Å². The highest BCUT2D eigenvalue weighted by molar-refractivity contribution is 6.15. The predicted octanol–water partition coefficient (Wildman–Crippen LogP) is 3.41. The fourth-order valence-corrected chi connectivity index (χ4v) is 5.26. The third-order valence-corrected chi connectivity index (χ3v) is 6.82. The fourth-order valence-electron chi connectivity index (χ4n) is 5.26. The molecule has 1 heterocycles. The number of hydrogen-bond donors (Lipinski definition) is 3. The number of carbonyl (C=O) groups is 3. The van der Waals surface area contributed by atoms with Crippen molar-refractivity contribution < 1.29 is 34.4 Å². The summed E-state index contributed by atoms with van der Waals surface area (Å²) in [7, 11) is 1.10. The molecule has 0 bridgehead atoms. The van der Waals surface area contributed by atoms with Gasteiger partial charge in [0.15, 0.2) is 0 Å². The van der Waals surface area contributed by atoms with Crippen LogP contribution in [0.3, 0.4) is 0 Å². The van der Waals surface area contributed by atoms with Crippen LogP contribution in [0.25, 0.3) is 6.08 Å². The molecule has 0 aromatic heterocycles. The maximum absolute atomic E-state index is 12.9. The molecule has 3 rings (SSSR count). The van der Waals surface area contributed by atoms with E-state index in [1.165, 1.54) is 0 Å². The third kappa shape index (κ3) is 5.08. The summed E-state index contributed by atoms with van der Waals surface area (Å²) in [4.78, 5) is 38.2. The summed E-state index contributed by atoms with van der Waals surface area (Å²) < 4.78 is 4.59. The molecule has 1 aliphatic heterocycles. The first-order valence-corrected chi connectivity index (χ1v) is 11.7. The van der Waals surface area contributed by atoms with Crippen LogP contribution in [-0.4, -0.2) is 57.9 Å². The first-order valence-electron chi connectivity index (χ1n) is 11.7. The summed E-state index contributed by atoms with van der Waals surface area (Å²) in [6.07, 6.45) is 3.16. The van der Waals surface area contributed by atoms with Gasteiger partial charge in [-0.05, 0) is 55.9 Å². The number of amides is 3. The molecule has 4 atom stereocenters. The lowest BCUT2D eigenvalue weighted by Gasteiger charge is -2.35. The second-order valence-corrected chi connectivity index (χ2v) is 9.04. The molecule has 34 heavy (non-hydrogen) atoms. The van der Waals surface area contributed by atoms with E-state index in [1.54, 1.807) is 19.1 Å². The van der Waals surface area contributed by atoms with E-state index in [9.17, 15) is 29.7 Å². The molecule has 0 unspecified atom stereocenters. The van der Waals surface area contributed by atoms with Gasteiger partial charge < -0.3 is 20.1 Å². The summed E-state index contributed by atoms with van der Waals surface area (Å²) in [5.41, 5.74) is 3.44. The molecule has 8 nitrogen and oxygen atoms in total. The van der Waals surface area contributed by atoms with Gasteiger partial charge in [-0.25, -0.2) is 4.79 Å². The summed E-state index contributed by atoms with van der Waals surface area (Å²) >= 11 is 0. The molecule has 1 aromatic rings. The summed E-state index contributed by atoms with van der Waals surface area (Å²) in [6, 6.07) is 6.90. The number of imide groups is 3. The Labute approximate surface area is 199 Å². The number of hydrogen-bond acceptors (Lipinski definition) is 7. The Morgan fingerprint density at radius 2 is 1.88 bits per heavy atom. The minimum Gasteiger partial charge on any atom is -0.508 e. The zero-order chi connectivity index (χ0) is 25.0. The van der Waals surface area contributed by atoms with Crippen molar-refractivity contribution >= 4 is 24.0 Å².